The Hall–Kier alpha value is -0.610. The molecule has 4 heteroatoms. The standard InChI is InChI=1S/C15H31N3O/c1-5-8-15(4,16)14(19)17-11-13(12(2)3)18-9-6-7-10-18/h12-13H,5-11,16H2,1-4H3,(H,17,19). The molecule has 1 saturated heterocycles. The zero-order valence-corrected chi connectivity index (χ0v) is 13.0. The van der Waals surface area contributed by atoms with Gasteiger partial charge in [0.1, 0.15) is 0 Å². The number of carbonyl (C=O) groups excluding carboxylic acids is 1. The fraction of sp³-hybridized carbons (Fsp3) is 0.933. The van der Waals surface area contributed by atoms with Gasteiger partial charge in [0.25, 0.3) is 0 Å². The second-order valence-corrected chi connectivity index (χ2v) is 6.43. The number of carbonyl (C=O) groups is 1. The Labute approximate surface area is 118 Å². The van der Waals surface area contributed by atoms with Crippen molar-refractivity contribution in [1.82, 2.24) is 10.2 Å². The predicted octanol–water partition coefficient (Wildman–Crippen LogP) is 1.74. The van der Waals surface area contributed by atoms with Gasteiger partial charge in [-0.05, 0) is 45.2 Å². The van der Waals surface area contributed by atoms with Gasteiger partial charge >= 0.3 is 0 Å². The van der Waals surface area contributed by atoms with Gasteiger partial charge in [0.05, 0.1) is 5.54 Å². The molecule has 2 atom stereocenters. The molecule has 0 aromatic rings. The van der Waals surface area contributed by atoms with Crippen molar-refractivity contribution >= 4 is 5.91 Å². The quantitative estimate of drug-likeness (QED) is 0.740. The number of nitrogens with one attached hydrogen (secondary N) is 1. The van der Waals surface area contributed by atoms with E-state index in [-0.39, 0.29) is 5.91 Å². The summed E-state index contributed by atoms with van der Waals surface area (Å²) >= 11 is 0. The molecule has 0 aromatic carbocycles. The van der Waals surface area contributed by atoms with E-state index in [9.17, 15) is 4.79 Å². The zero-order chi connectivity index (χ0) is 14.5. The van der Waals surface area contributed by atoms with Crippen LogP contribution in [0.4, 0.5) is 0 Å². The maximum absolute atomic E-state index is 12.1. The van der Waals surface area contributed by atoms with Crippen LogP contribution in [-0.4, -0.2) is 42.0 Å². The predicted molar refractivity (Wildman–Crippen MR) is 79.9 cm³/mol. The molecule has 0 aliphatic carbocycles. The largest absolute Gasteiger partial charge is 0.353 e. The fourth-order valence-corrected chi connectivity index (χ4v) is 2.89. The van der Waals surface area contributed by atoms with Crippen LogP contribution in [0.3, 0.4) is 0 Å². The van der Waals surface area contributed by atoms with E-state index in [0.29, 0.717) is 18.5 Å². The zero-order valence-electron chi connectivity index (χ0n) is 13.0. The third-order valence-electron chi connectivity index (χ3n) is 4.14. The van der Waals surface area contributed by atoms with Gasteiger partial charge < -0.3 is 11.1 Å². The van der Waals surface area contributed by atoms with Gasteiger partial charge in [-0.1, -0.05) is 27.2 Å². The molecule has 1 aliphatic rings. The lowest BCUT2D eigenvalue weighted by Crippen LogP contribution is -2.55. The fourth-order valence-electron chi connectivity index (χ4n) is 2.89. The molecule has 1 heterocycles. The SMILES string of the molecule is CCCC(C)(N)C(=O)NCC(C(C)C)N1CCCC1. The summed E-state index contributed by atoms with van der Waals surface area (Å²) in [6.45, 7) is 11.4. The van der Waals surface area contributed by atoms with Crippen LogP contribution in [0.5, 0.6) is 0 Å². The molecule has 0 radical (unpaired) electrons. The van der Waals surface area contributed by atoms with Crippen LogP contribution in [-0.2, 0) is 4.79 Å². The lowest BCUT2D eigenvalue weighted by Gasteiger charge is -2.32. The summed E-state index contributed by atoms with van der Waals surface area (Å²) in [5, 5.41) is 3.06. The van der Waals surface area contributed by atoms with Crippen molar-refractivity contribution in [1.29, 1.82) is 0 Å². The van der Waals surface area contributed by atoms with E-state index < -0.39 is 5.54 Å². The molecule has 0 saturated carbocycles. The van der Waals surface area contributed by atoms with Crippen LogP contribution in [0.15, 0.2) is 0 Å². The van der Waals surface area contributed by atoms with Gasteiger partial charge in [-0.2, -0.15) is 0 Å². The van der Waals surface area contributed by atoms with Crippen LogP contribution in [0.1, 0.15) is 53.4 Å². The number of hydrogen-bond donors (Lipinski definition) is 2. The summed E-state index contributed by atoms with van der Waals surface area (Å²) in [6, 6.07) is 0.434. The molecule has 19 heavy (non-hydrogen) atoms. The highest BCUT2D eigenvalue weighted by atomic mass is 16.2. The summed E-state index contributed by atoms with van der Waals surface area (Å²) in [7, 11) is 0. The van der Waals surface area contributed by atoms with Gasteiger partial charge in [-0.3, -0.25) is 9.69 Å². The first kappa shape index (κ1) is 16.4. The van der Waals surface area contributed by atoms with Crippen molar-refractivity contribution in [3.05, 3.63) is 0 Å². The average molecular weight is 269 g/mol. The normalized spacial score (nSPS) is 21.4. The minimum absolute atomic E-state index is 0.0146. The molecule has 0 spiro atoms. The first-order valence-electron chi connectivity index (χ1n) is 7.69. The second-order valence-electron chi connectivity index (χ2n) is 6.43. The van der Waals surface area contributed by atoms with E-state index in [1.54, 1.807) is 0 Å². The first-order valence-corrected chi connectivity index (χ1v) is 7.69. The smallest absolute Gasteiger partial charge is 0.239 e. The second kappa shape index (κ2) is 7.25. The van der Waals surface area contributed by atoms with Gasteiger partial charge in [-0.15, -0.1) is 0 Å². The number of likely N-dealkylation sites (tertiary alicyclic amines) is 1. The Morgan fingerprint density at radius 1 is 1.37 bits per heavy atom. The van der Waals surface area contributed by atoms with Crippen molar-refractivity contribution in [2.75, 3.05) is 19.6 Å². The van der Waals surface area contributed by atoms with E-state index in [0.717, 1.165) is 25.9 Å². The monoisotopic (exact) mass is 269 g/mol. The Morgan fingerprint density at radius 3 is 2.42 bits per heavy atom. The van der Waals surface area contributed by atoms with Crippen LogP contribution in [0.2, 0.25) is 0 Å². The molecule has 0 aromatic heterocycles. The third-order valence-corrected chi connectivity index (χ3v) is 4.14. The van der Waals surface area contributed by atoms with Crippen molar-refractivity contribution < 1.29 is 4.79 Å². The molecule has 2 unspecified atom stereocenters. The van der Waals surface area contributed by atoms with Crippen molar-refractivity contribution in [3.8, 4) is 0 Å². The number of rotatable bonds is 7. The Balaban J connectivity index is 2.49. The van der Waals surface area contributed by atoms with Gasteiger partial charge in [0.15, 0.2) is 0 Å². The number of nitrogens with zero attached hydrogens (tertiary/aromatic N) is 1. The van der Waals surface area contributed by atoms with E-state index >= 15 is 0 Å². The lowest BCUT2D eigenvalue weighted by atomic mass is 9.96. The minimum atomic E-state index is -0.735. The summed E-state index contributed by atoms with van der Waals surface area (Å²) in [5.41, 5.74) is 5.33. The topological polar surface area (TPSA) is 58.4 Å². The Kier molecular flexibility index (Phi) is 6.27. The third kappa shape index (κ3) is 4.77. The van der Waals surface area contributed by atoms with Crippen molar-refractivity contribution in [3.63, 3.8) is 0 Å². The molecule has 4 nitrogen and oxygen atoms in total. The van der Waals surface area contributed by atoms with Gasteiger partial charge in [-0.25, -0.2) is 0 Å². The highest BCUT2D eigenvalue weighted by Gasteiger charge is 2.29. The molecule has 1 aliphatic heterocycles. The molecule has 1 rings (SSSR count). The van der Waals surface area contributed by atoms with E-state index in [4.69, 9.17) is 5.73 Å². The summed E-state index contributed by atoms with van der Waals surface area (Å²) in [5.74, 6) is 0.535. The molecule has 1 amide bonds. The van der Waals surface area contributed by atoms with Crippen molar-refractivity contribution in [2.45, 2.75) is 65.0 Å². The number of nitrogens with two attached hydrogens (primary N) is 1. The lowest BCUT2D eigenvalue weighted by molar-refractivity contribution is -0.126. The van der Waals surface area contributed by atoms with Gasteiger partial charge in [0, 0.05) is 12.6 Å². The van der Waals surface area contributed by atoms with Crippen molar-refractivity contribution in [2.24, 2.45) is 11.7 Å². The molecular formula is C15H31N3O. The average Bonchev–Trinajstić information content (AvgIpc) is 2.82. The molecule has 112 valence electrons. The maximum Gasteiger partial charge on any atom is 0.239 e. The Bertz CT molecular complexity index is 283. The molecule has 0 bridgehead atoms. The summed E-state index contributed by atoms with van der Waals surface area (Å²) in [6.07, 6.45) is 4.22. The van der Waals surface area contributed by atoms with E-state index in [1.807, 2.05) is 6.92 Å². The Morgan fingerprint density at radius 2 is 1.95 bits per heavy atom. The summed E-state index contributed by atoms with van der Waals surface area (Å²) < 4.78 is 0. The van der Waals surface area contributed by atoms with Crippen LogP contribution in [0.25, 0.3) is 0 Å². The minimum Gasteiger partial charge on any atom is -0.353 e. The van der Waals surface area contributed by atoms with E-state index in [1.165, 1.54) is 12.8 Å². The van der Waals surface area contributed by atoms with Crippen LogP contribution in [0, 0.1) is 5.92 Å². The van der Waals surface area contributed by atoms with Gasteiger partial charge in [0.2, 0.25) is 5.91 Å². The first-order chi connectivity index (χ1) is 8.88. The van der Waals surface area contributed by atoms with Crippen LogP contribution < -0.4 is 11.1 Å². The molecule has 3 N–H and O–H groups in total. The summed E-state index contributed by atoms with van der Waals surface area (Å²) in [4.78, 5) is 14.6. The maximum atomic E-state index is 12.1. The number of hydrogen-bond acceptors (Lipinski definition) is 3. The molecule has 1 fully saturated rings. The van der Waals surface area contributed by atoms with Crippen LogP contribution >= 0.6 is 0 Å². The highest BCUT2D eigenvalue weighted by Crippen LogP contribution is 2.17. The highest BCUT2D eigenvalue weighted by molar-refractivity contribution is 5.85. The van der Waals surface area contributed by atoms with E-state index in [2.05, 4.69) is 31.0 Å². The number of amides is 1. The molecular weight excluding hydrogens is 238 g/mol.